The zero-order chi connectivity index (χ0) is 19.9. The summed E-state index contributed by atoms with van der Waals surface area (Å²) in [5.41, 5.74) is 5.91. The maximum absolute atomic E-state index is 11.5. The van der Waals surface area contributed by atoms with Crippen LogP contribution in [0.3, 0.4) is 0 Å². The van der Waals surface area contributed by atoms with E-state index >= 15 is 0 Å². The van der Waals surface area contributed by atoms with Crippen molar-refractivity contribution in [3.8, 4) is 0 Å². The van der Waals surface area contributed by atoms with Crippen LogP contribution in [0.15, 0.2) is 76.0 Å². The van der Waals surface area contributed by atoms with Crippen molar-refractivity contribution >= 4 is 11.7 Å². The van der Waals surface area contributed by atoms with E-state index in [-0.39, 0.29) is 18.0 Å². The molecule has 0 unspecified atom stereocenters. The van der Waals surface area contributed by atoms with Gasteiger partial charge in [0, 0.05) is 6.20 Å². The molecule has 1 heterocycles. The number of aliphatic imine (C=N–C) groups is 1. The molecular formula is C24H31NO2. The molecule has 0 bridgehead atoms. The fourth-order valence-electron chi connectivity index (χ4n) is 3.29. The molecule has 0 aromatic heterocycles. The second-order valence-electron chi connectivity index (χ2n) is 7.91. The first kappa shape index (κ1) is 20.9. The molecule has 144 valence electrons. The number of hydrogen-bond acceptors (Lipinski definition) is 3. The van der Waals surface area contributed by atoms with Crippen molar-refractivity contribution in [2.45, 2.75) is 53.9 Å². The molecule has 2 rings (SSSR count). The summed E-state index contributed by atoms with van der Waals surface area (Å²) in [6.45, 7) is 11.3. The van der Waals surface area contributed by atoms with Crippen molar-refractivity contribution in [1.29, 1.82) is 0 Å². The third kappa shape index (κ3) is 6.35. The zero-order valence-electron chi connectivity index (χ0n) is 17.2. The van der Waals surface area contributed by atoms with Crippen molar-refractivity contribution in [3.05, 3.63) is 71.0 Å². The molecular weight excluding hydrogens is 334 g/mol. The predicted molar refractivity (Wildman–Crippen MR) is 114 cm³/mol. The first-order valence-electron chi connectivity index (χ1n) is 9.61. The lowest BCUT2D eigenvalue weighted by Gasteiger charge is -2.32. The van der Waals surface area contributed by atoms with Crippen LogP contribution in [0.2, 0.25) is 0 Å². The van der Waals surface area contributed by atoms with E-state index in [1.54, 1.807) is 12.3 Å². The minimum absolute atomic E-state index is 0.257. The van der Waals surface area contributed by atoms with Gasteiger partial charge in [-0.1, -0.05) is 60.9 Å². The van der Waals surface area contributed by atoms with Gasteiger partial charge in [0.15, 0.2) is 0 Å². The summed E-state index contributed by atoms with van der Waals surface area (Å²) in [5.74, 6) is -0.373. The molecule has 0 N–H and O–H groups in total. The third-order valence-corrected chi connectivity index (χ3v) is 5.05. The Morgan fingerprint density at radius 3 is 2.63 bits per heavy atom. The Labute approximate surface area is 163 Å². The van der Waals surface area contributed by atoms with Crippen LogP contribution in [0.4, 0.5) is 0 Å². The van der Waals surface area contributed by atoms with E-state index < -0.39 is 0 Å². The number of hydrogen-bond donors (Lipinski definition) is 0. The van der Waals surface area contributed by atoms with Crippen molar-refractivity contribution in [2.75, 3.05) is 6.61 Å². The standard InChI is InChI=1S/C24H31NO2/c1-18(11-12-21-20(3)10-7-15-24(21,4)5)8-6-9-19(2)14-17-27-23(26)22-13-16-25-22/h6,8-9,11-14,16H,7,10,15,17H2,1-5H3. The van der Waals surface area contributed by atoms with Gasteiger partial charge in [-0.3, -0.25) is 0 Å². The first-order valence-corrected chi connectivity index (χ1v) is 9.61. The van der Waals surface area contributed by atoms with Crippen LogP contribution in [0, 0.1) is 5.41 Å². The highest BCUT2D eigenvalue weighted by Gasteiger charge is 2.26. The minimum atomic E-state index is -0.373. The van der Waals surface area contributed by atoms with Gasteiger partial charge in [0.2, 0.25) is 0 Å². The quantitative estimate of drug-likeness (QED) is 0.408. The Kier molecular flexibility index (Phi) is 7.35. The first-order chi connectivity index (χ1) is 12.8. The van der Waals surface area contributed by atoms with E-state index in [1.807, 2.05) is 25.2 Å². The van der Waals surface area contributed by atoms with E-state index in [9.17, 15) is 4.79 Å². The van der Waals surface area contributed by atoms with E-state index in [4.69, 9.17) is 4.74 Å². The topological polar surface area (TPSA) is 38.7 Å². The predicted octanol–water partition coefficient (Wildman–Crippen LogP) is 6.03. The molecule has 1 aliphatic heterocycles. The molecule has 0 saturated heterocycles. The van der Waals surface area contributed by atoms with Gasteiger partial charge in [0.25, 0.3) is 0 Å². The van der Waals surface area contributed by atoms with Crippen molar-refractivity contribution in [2.24, 2.45) is 10.4 Å². The maximum Gasteiger partial charge on any atom is 0.357 e. The number of esters is 1. The Morgan fingerprint density at radius 1 is 1.26 bits per heavy atom. The average molecular weight is 366 g/mol. The highest BCUT2D eigenvalue weighted by atomic mass is 16.5. The molecule has 0 aromatic carbocycles. The van der Waals surface area contributed by atoms with Gasteiger partial charge in [-0.25, -0.2) is 9.79 Å². The van der Waals surface area contributed by atoms with Crippen LogP contribution < -0.4 is 0 Å². The molecule has 0 saturated carbocycles. The Hall–Kier alpha value is -2.42. The third-order valence-electron chi connectivity index (χ3n) is 5.05. The van der Waals surface area contributed by atoms with Crippen LogP contribution in [0.25, 0.3) is 0 Å². The summed E-state index contributed by atoms with van der Waals surface area (Å²) in [4.78, 5) is 15.3. The van der Waals surface area contributed by atoms with Gasteiger partial charge in [-0.2, -0.15) is 0 Å². The summed E-state index contributed by atoms with van der Waals surface area (Å²) in [5, 5.41) is 0. The van der Waals surface area contributed by atoms with Crippen LogP contribution in [0.1, 0.15) is 53.9 Å². The molecule has 0 aromatic rings. The number of nitrogens with zero attached hydrogens (tertiary/aromatic N) is 1. The molecule has 1 aliphatic carbocycles. The van der Waals surface area contributed by atoms with Crippen molar-refractivity contribution < 1.29 is 9.53 Å². The second-order valence-corrected chi connectivity index (χ2v) is 7.91. The smallest absolute Gasteiger partial charge is 0.357 e. The molecule has 2 aliphatic rings. The van der Waals surface area contributed by atoms with E-state index in [0.717, 1.165) is 5.57 Å². The molecule has 3 nitrogen and oxygen atoms in total. The lowest BCUT2D eigenvalue weighted by atomic mass is 9.72. The zero-order valence-corrected chi connectivity index (χ0v) is 17.2. The average Bonchev–Trinajstić information content (AvgIpc) is 2.52. The largest absolute Gasteiger partial charge is 0.457 e. The second kappa shape index (κ2) is 9.50. The van der Waals surface area contributed by atoms with E-state index in [0.29, 0.717) is 5.71 Å². The molecule has 0 radical (unpaired) electrons. The van der Waals surface area contributed by atoms with Crippen LogP contribution in [0.5, 0.6) is 0 Å². The molecule has 0 atom stereocenters. The van der Waals surface area contributed by atoms with Gasteiger partial charge in [0.05, 0.1) is 0 Å². The summed E-state index contributed by atoms with van der Waals surface area (Å²) in [6, 6.07) is 0. The fraction of sp³-hybridized carbons (Fsp3) is 0.417. The van der Waals surface area contributed by atoms with Crippen LogP contribution in [-0.4, -0.2) is 18.3 Å². The van der Waals surface area contributed by atoms with E-state index in [1.165, 1.54) is 36.0 Å². The van der Waals surface area contributed by atoms with Crippen LogP contribution >= 0.6 is 0 Å². The Balaban J connectivity index is 1.86. The molecule has 0 fully saturated rings. The minimum Gasteiger partial charge on any atom is -0.457 e. The van der Waals surface area contributed by atoms with Crippen molar-refractivity contribution in [1.82, 2.24) is 0 Å². The molecule has 0 amide bonds. The van der Waals surface area contributed by atoms with E-state index in [2.05, 4.69) is 50.9 Å². The van der Waals surface area contributed by atoms with Gasteiger partial charge in [-0.05, 0) is 63.2 Å². The molecule has 0 spiro atoms. The van der Waals surface area contributed by atoms with Crippen molar-refractivity contribution in [3.63, 3.8) is 0 Å². The number of carbonyl (C=O) groups is 1. The summed E-state index contributed by atoms with van der Waals surface area (Å²) in [6.07, 6.45) is 19.5. The monoisotopic (exact) mass is 365 g/mol. The summed E-state index contributed by atoms with van der Waals surface area (Å²) in [7, 11) is 0. The van der Waals surface area contributed by atoms with Gasteiger partial charge in [-0.15, -0.1) is 0 Å². The Bertz CT molecular complexity index is 783. The molecule has 27 heavy (non-hydrogen) atoms. The fourth-order valence-corrected chi connectivity index (χ4v) is 3.29. The summed E-state index contributed by atoms with van der Waals surface area (Å²) < 4.78 is 5.12. The highest BCUT2D eigenvalue weighted by Crippen LogP contribution is 2.40. The van der Waals surface area contributed by atoms with Gasteiger partial charge < -0.3 is 4.74 Å². The van der Waals surface area contributed by atoms with Gasteiger partial charge >= 0.3 is 5.97 Å². The maximum atomic E-state index is 11.5. The lowest BCUT2D eigenvalue weighted by molar-refractivity contribution is -0.134. The number of rotatable bonds is 7. The summed E-state index contributed by atoms with van der Waals surface area (Å²) >= 11 is 0. The number of ether oxygens (including phenoxy) is 1. The van der Waals surface area contributed by atoms with Gasteiger partial charge in [0.1, 0.15) is 12.3 Å². The normalized spacial score (nSPS) is 20.3. The molecule has 3 heteroatoms. The lowest BCUT2D eigenvalue weighted by Crippen LogP contribution is -2.19. The number of allylic oxidation sites excluding steroid dienone is 9. The van der Waals surface area contributed by atoms with Crippen LogP contribution in [-0.2, 0) is 9.53 Å². The highest BCUT2D eigenvalue weighted by molar-refractivity contribution is 6.43. The Morgan fingerprint density at radius 2 is 2.00 bits per heavy atom. The number of carbonyl (C=O) groups excluding carboxylic acids is 1. The SMILES string of the molecule is CC(C=CC1=C(C)CCCC1(C)C)=CC=CC(C)=CCOC(=O)C1=NC=C1.